The number of carbonyl (C=O) groups excluding carboxylic acids is 1. The average Bonchev–Trinajstić information content (AvgIpc) is 3.15. The third-order valence-corrected chi connectivity index (χ3v) is 4.91. The van der Waals surface area contributed by atoms with Gasteiger partial charge in [-0.3, -0.25) is 4.79 Å². The number of benzene rings is 1. The van der Waals surface area contributed by atoms with E-state index in [0.29, 0.717) is 5.92 Å². The lowest BCUT2D eigenvalue weighted by Crippen LogP contribution is -2.24. The third kappa shape index (κ3) is 9.13. The van der Waals surface area contributed by atoms with Gasteiger partial charge >= 0.3 is 0 Å². The van der Waals surface area contributed by atoms with Gasteiger partial charge in [-0.25, -0.2) is 9.98 Å². The highest BCUT2D eigenvalue weighted by Crippen LogP contribution is 2.25. The first-order chi connectivity index (χ1) is 13.2. The second kappa shape index (κ2) is 12.3. The number of aliphatic imine (C=N–C) groups is 1. The molecule has 0 saturated heterocycles. The number of hydrogen-bond donors (Lipinski definition) is 1. The molecule has 2 rings (SSSR count). The number of nitrogens with one attached hydrogen (secondary N) is 1. The first kappa shape index (κ1) is 23.8. The minimum atomic E-state index is 0.0544. The van der Waals surface area contributed by atoms with Crippen LogP contribution in [0.1, 0.15) is 49.4 Å². The van der Waals surface area contributed by atoms with Crippen molar-refractivity contribution in [3.8, 4) is 0 Å². The second-order valence-corrected chi connectivity index (χ2v) is 8.30. The summed E-state index contributed by atoms with van der Waals surface area (Å²) in [5, 5.41) is 5.89. The molecule has 0 aliphatic carbocycles. The third-order valence-electron chi connectivity index (χ3n) is 4.13. The number of aromatic nitrogens is 1. The van der Waals surface area contributed by atoms with E-state index in [4.69, 9.17) is 0 Å². The molecule has 1 aromatic heterocycles. The van der Waals surface area contributed by atoms with Crippen LogP contribution in [-0.2, 0) is 11.2 Å². The summed E-state index contributed by atoms with van der Waals surface area (Å²) in [6.45, 7) is 13.8. The maximum atomic E-state index is 10.2. The Bertz CT molecular complexity index is 754. The van der Waals surface area contributed by atoms with E-state index in [1.54, 1.807) is 11.3 Å². The molecule has 6 heteroatoms. The van der Waals surface area contributed by atoms with Crippen molar-refractivity contribution in [2.24, 2.45) is 10.9 Å². The van der Waals surface area contributed by atoms with Gasteiger partial charge in [-0.05, 0) is 49.4 Å². The van der Waals surface area contributed by atoms with Crippen LogP contribution in [0.5, 0.6) is 0 Å². The molecule has 1 heterocycles. The van der Waals surface area contributed by atoms with Crippen LogP contribution >= 0.6 is 11.3 Å². The maximum Gasteiger partial charge on any atom is 0.216 e. The largest absolute Gasteiger partial charge is 0.366 e. The number of nitrogens with zero attached hydrogens (tertiary/aromatic N) is 3. The van der Waals surface area contributed by atoms with Gasteiger partial charge in [-0.1, -0.05) is 19.9 Å². The summed E-state index contributed by atoms with van der Waals surface area (Å²) in [5.74, 6) is 0.609. The molecule has 0 bridgehead atoms. The highest BCUT2D eigenvalue weighted by Gasteiger charge is 2.06. The Hall–Kier alpha value is -2.21. The number of thiazole rings is 1. The van der Waals surface area contributed by atoms with Crippen molar-refractivity contribution in [3.63, 3.8) is 0 Å². The lowest BCUT2D eigenvalue weighted by Gasteiger charge is -2.11. The molecular formula is C22H34N4OS. The number of amides is 1. The predicted octanol–water partition coefficient (Wildman–Crippen LogP) is 4.74. The Morgan fingerprint density at radius 2 is 2.04 bits per heavy atom. The molecule has 5 nitrogen and oxygen atoms in total. The molecule has 0 fully saturated rings. The lowest BCUT2D eigenvalue weighted by atomic mass is 10.0. The minimum absolute atomic E-state index is 0.0544. The summed E-state index contributed by atoms with van der Waals surface area (Å²) in [7, 11) is 2.03. The summed E-state index contributed by atoms with van der Waals surface area (Å²) in [6.07, 6.45) is 4.66. The van der Waals surface area contributed by atoms with Crippen LogP contribution in [0.15, 0.2) is 28.7 Å². The van der Waals surface area contributed by atoms with E-state index in [9.17, 15) is 4.79 Å². The van der Waals surface area contributed by atoms with E-state index in [0.717, 1.165) is 30.2 Å². The molecule has 2 aromatic rings. The summed E-state index contributed by atoms with van der Waals surface area (Å²) in [4.78, 5) is 21.2. The maximum absolute atomic E-state index is 10.2. The number of aryl methyl sites for hydroxylation is 2. The molecule has 0 saturated carbocycles. The van der Waals surface area contributed by atoms with Crippen molar-refractivity contribution in [1.82, 2.24) is 15.2 Å². The highest BCUT2D eigenvalue weighted by molar-refractivity contribution is 7.09. The monoisotopic (exact) mass is 402 g/mol. The summed E-state index contributed by atoms with van der Waals surface area (Å²) < 4.78 is 0. The molecule has 28 heavy (non-hydrogen) atoms. The molecule has 0 radical (unpaired) electrons. The molecule has 0 atom stereocenters. The van der Waals surface area contributed by atoms with Crippen LogP contribution in [0, 0.1) is 19.8 Å². The Morgan fingerprint density at radius 3 is 2.54 bits per heavy atom. The zero-order chi connectivity index (χ0) is 21.1. The molecule has 0 aliphatic heterocycles. The molecule has 1 amide bonds. The van der Waals surface area contributed by atoms with Gasteiger partial charge in [-0.2, -0.15) is 0 Å². The van der Waals surface area contributed by atoms with Crippen molar-refractivity contribution in [1.29, 1.82) is 0 Å². The number of carbonyl (C=O) groups is 1. The summed E-state index contributed by atoms with van der Waals surface area (Å²) in [5.41, 5.74) is 4.87. The highest BCUT2D eigenvalue weighted by atomic mass is 32.1. The molecular weight excluding hydrogens is 368 g/mol. The zero-order valence-corrected chi connectivity index (χ0v) is 19.1. The number of hydrogen-bond acceptors (Lipinski definition) is 4. The van der Waals surface area contributed by atoms with Gasteiger partial charge < -0.3 is 10.2 Å². The first-order valence-corrected chi connectivity index (χ1v) is 10.6. The molecule has 154 valence electrons. The van der Waals surface area contributed by atoms with Crippen LogP contribution < -0.4 is 5.32 Å². The van der Waals surface area contributed by atoms with Gasteiger partial charge in [0.05, 0.1) is 17.0 Å². The number of rotatable bonds is 7. The van der Waals surface area contributed by atoms with Crippen LogP contribution in [-0.4, -0.2) is 42.3 Å². The van der Waals surface area contributed by atoms with E-state index in [1.165, 1.54) is 23.6 Å². The van der Waals surface area contributed by atoms with Gasteiger partial charge in [0.1, 0.15) is 0 Å². The van der Waals surface area contributed by atoms with Crippen LogP contribution in [0.25, 0.3) is 0 Å². The lowest BCUT2D eigenvalue weighted by molar-refractivity contribution is -0.119. The van der Waals surface area contributed by atoms with Crippen molar-refractivity contribution in [2.75, 3.05) is 20.1 Å². The fourth-order valence-corrected chi connectivity index (χ4v) is 2.92. The van der Waals surface area contributed by atoms with Gasteiger partial charge in [0, 0.05) is 45.1 Å². The Balaban J connectivity index is 0.000000416. The Labute approximate surface area is 173 Å². The molecule has 1 aromatic carbocycles. The van der Waals surface area contributed by atoms with Gasteiger partial charge in [0.25, 0.3) is 0 Å². The molecule has 1 N–H and O–H groups in total. The van der Waals surface area contributed by atoms with E-state index in [1.807, 2.05) is 25.0 Å². The summed E-state index contributed by atoms with van der Waals surface area (Å²) in [6, 6.07) is 4.40. The molecule has 0 unspecified atom stereocenters. The van der Waals surface area contributed by atoms with E-state index < -0.39 is 0 Å². The fraction of sp³-hybridized carbons (Fsp3) is 0.500. The quantitative estimate of drug-likeness (QED) is 0.537. The standard InChI is InChI=1S/C16H21N3S.C6H13NO/c1-5-19(4)11-18-15-9-12(2)14(8-13(15)3)10-16-17-6-7-20-16;1-5(2)4-7-6(3)8/h6-9,11H,5,10H2,1-4H3;5H,4H2,1-3H3,(H,7,8). The predicted molar refractivity (Wildman–Crippen MR) is 121 cm³/mol. The molecule has 0 spiro atoms. The van der Waals surface area contributed by atoms with Crippen LogP contribution in [0.2, 0.25) is 0 Å². The van der Waals surface area contributed by atoms with Crippen molar-refractivity contribution in [2.45, 2.75) is 48.0 Å². The van der Waals surface area contributed by atoms with Gasteiger partial charge in [0.2, 0.25) is 5.91 Å². The SMILES string of the molecule is CC(=O)NCC(C)C.CCN(C)C=Nc1cc(C)c(Cc2nccs2)cc1C. The van der Waals surface area contributed by atoms with Crippen molar-refractivity contribution in [3.05, 3.63) is 45.4 Å². The molecule has 0 aliphatic rings. The average molecular weight is 403 g/mol. The topological polar surface area (TPSA) is 57.6 Å². The van der Waals surface area contributed by atoms with Crippen LogP contribution in [0.3, 0.4) is 0 Å². The Kier molecular flexibility index (Phi) is 10.5. The second-order valence-electron chi connectivity index (χ2n) is 7.32. The van der Waals surface area contributed by atoms with E-state index in [2.05, 4.69) is 66.9 Å². The first-order valence-electron chi connectivity index (χ1n) is 9.70. The van der Waals surface area contributed by atoms with Crippen LogP contribution in [0.4, 0.5) is 5.69 Å². The fourth-order valence-electron chi connectivity index (χ4n) is 2.28. The summed E-state index contributed by atoms with van der Waals surface area (Å²) >= 11 is 1.71. The minimum Gasteiger partial charge on any atom is -0.366 e. The van der Waals surface area contributed by atoms with Gasteiger partial charge in [-0.15, -0.1) is 11.3 Å². The van der Waals surface area contributed by atoms with Crippen molar-refractivity contribution >= 4 is 29.3 Å². The van der Waals surface area contributed by atoms with E-state index >= 15 is 0 Å². The van der Waals surface area contributed by atoms with Gasteiger partial charge in [0.15, 0.2) is 0 Å². The zero-order valence-electron chi connectivity index (χ0n) is 18.2. The van der Waals surface area contributed by atoms with E-state index in [-0.39, 0.29) is 5.91 Å². The Morgan fingerprint density at radius 1 is 1.32 bits per heavy atom. The van der Waals surface area contributed by atoms with Crippen molar-refractivity contribution < 1.29 is 4.79 Å². The normalized spacial score (nSPS) is 10.7. The smallest absolute Gasteiger partial charge is 0.216 e.